The molecule has 3 nitrogen and oxygen atoms in total. The first-order chi connectivity index (χ1) is 5.84. The fourth-order valence-corrected chi connectivity index (χ4v) is 1.16. The third-order valence-corrected chi connectivity index (χ3v) is 1.85. The van der Waals surface area contributed by atoms with Gasteiger partial charge in [-0.1, -0.05) is 5.92 Å². The molecule has 1 rings (SSSR count). The van der Waals surface area contributed by atoms with E-state index in [1.54, 1.807) is 0 Å². The van der Waals surface area contributed by atoms with E-state index in [0.29, 0.717) is 13.2 Å². The van der Waals surface area contributed by atoms with Crippen molar-refractivity contribution in [2.24, 2.45) is 5.92 Å². The summed E-state index contributed by atoms with van der Waals surface area (Å²) in [6.45, 7) is 1.38. The van der Waals surface area contributed by atoms with Crippen molar-refractivity contribution in [1.82, 2.24) is 0 Å². The van der Waals surface area contributed by atoms with Crippen LogP contribution in [0.4, 0.5) is 0 Å². The summed E-state index contributed by atoms with van der Waals surface area (Å²) in [7, 11) is 0. The predicted octanol–water partition coefficient (Wildman–Crippen LogP) is 0.589. The minimum absolute atomic E-state index is 0.00731. The van der Waals surface area contributed by atoms with Crippen LogP contribution in [0.3, 0.4) is 0 Å². The summed E-state index contributed by atoms with van der Waals surface area (Å²) in [6.07, 6.45) is 6.46. The topological polar surface area (TPSA) is 35.5 Å². The van der Waals surface area contributed by atoms with Crippen LogP contribution in [0.1, 0.15) is 12.8 Å². The molecule has 0 bridgehead atoms. The zero-order valence-corrected chi connectivity index (χ0v) is 6.91. The summed E-state index contributed by atoms with van der Waals surface area (Å²) >= 11 is 0. The van der Waals surface area contributed by atoms with E-state index in [-0.39, 0.29) is 18.5 Å². The first-order valence-electron chi connectivity index (χ1n) is 4.02. The average Bonchev–Trinajstić information content (AvgIpc) is 2.15. The molecule has 0 aromatic rings. The summed E-state index contributed by atoms with van der Waals surface area (Å²) in [5.74, 6) is 2.07. The zero-order valence-electron chi connectivity index (χ0n) is 6.91. The molecule has 0 spiro atoms. The van der Waals surface area contributed by atoms with Crippen molar-refractivity contribution in [2.75, 3.05) is 19.8 Å². The average molecular weight is 168 g/mol. The van der Waals surface area contributed by atoms with Crippen molar-refractivity contribution in [3.63, 3.8) is 0 Å². The highest BCUT2D eigenvalue weighted by molar-refractivity contribution is 5.72. The lowest BCUT2D eigenvalue weighted by Crippen LogP contribution is -2.25. The van der Waals surface area contributed by atoms with Gasteiger partial charge in [0, 0.05) is 13.2 Å². The van der Waals surface area contributed by atoms with Crippen molar-refractivity contribution in [3.05, 3.63) is 0 Å². The minimum atomic E-state index is -0.184. The predicted molar refractivity (Wildman–Crippen MR) is 43.3 cm³/mol. The van der Waals surface area contributed by atoms with Crippen LogP contribution in [0.2, 0.25) is 0 Å². The zero-order chi connectivity index (χ0) is 8.81. The molecular formula is C9H12O3. The molecule has 0 unspecified atom stereocenters. The third-order valence-electron chi connectivity index (χ3n) is 1.85. The maximum Gasteiger partial charge on any atom is 0.310 e. The van der Waals surface area contributed by atoms with Gasteiger partial charge in [-0.2, -0.15) is 0 Å². The molecule has 0 N–H and O–H groups in total. The van der Waals surface area contributed by atoms with Gasteiger partial charge < -0.3 is 9.47 Å². The molecule has 0 amide bonds. The monoisotopic (exact) mass is 168 g/mol. The Balaban J connectivity index is 2.26. The molecule has 0 aromatic carbocycles. The van der Waals surface area contributed by atoms with Crippen LogP contribution in [0.5, 0.6) is 0 Å². The Hall–Kier alpha value is -1.01. The Morgan fingerprint density at radius 2 is 2.25 bits per heavy atom. The van der Waals surface area contributed by atoms with Crippen LogP contribution in [-0.2, 0) is 14.3 Å². The van der Waals surface area contributed by atoms with E-state index in [2.05, 4.69) is 5.92 Å². The molecule has 1 aliphatic heterocycles. The quantitative estimate of drug-likeness (QED) is 0.447. The lowest BCUT2D eigenvalue weighted by Gasteiger charge is -2.19. The Labute approximate surface area is 72.0 Å². The van der Waals surface area contributed by atoms with E-state index in [0.717, 1.165) is 12.8 Å². The Bertz CT molecular complexity index is 186. The van der Waals surface area contributed by atoms with Crippen molar-refractivity contribution in [2.45, 2.75) is 12.8 Å². The maximum absolute atomic E-state index is 11.2. The molecule has 0 aliphatic carbocycles. The summed E-state index contributed by atoms with van der Waals surface area (Å²) in [4.78, 5) is 11.2. The summed E-state index contributed by atoms with van der Waals surface area (Å²) < 4.78 is 9.91. The number of ether oxygens (including phenoxy) is 2. The molecule has 12 heavy (non-hydrogen) atoms. The van der Waals surface area contributed by atoms with Gasteiger partial charge in [0.25, 0.3) is 0 Å². The Kier molecular flexibility index (Phi) is 3.62. The number of hydrogen-bond donors (Lipinski definition) is 0. The van der Waals surface area contributed by atoms with Crippen molar-refractivity contribution in [1.29, 1.82) is 0 Å². The van der Waals surface area contributed by atoms with Crippen molar-refractivity contribution in [3.8, 4) is 12.3 Å². The van der Waals surface area contributed by atoms with Gasteiger partial charge in [-0.15, -0.1) is 6.42 Å². The highest BCUT2D eigenvalue weighted by atomic mass is 16.5. The molecule has 0 atom stereocenters. The first-order valence-corrected chi connectivity index (χ1v) is 4.02. The normalized spacial score (nSPS) is 18.2. The van der Waals surface area contributed by atoms with Gasteiger partial charge in [-0.25, -0.2) is 0 Å². The fraction of sp³-hybridized carbons (Fsp3) is 0.667. The number of esters is 1. The van der Waals surface area contributed by atoms with Crippen LogP contribution in [-0.4, -0.2) is 25.8 Å². The van der Waals surface area contributed by atoms with E-state index in [4.69, 9.17) is 15.9 Å². The van der Waals surface area contributed by atoms with Crippen LogP contribution >= 0.6 is 0 Å². The van der Waals surface area contributed by atoms with E-state index in [1.165, 1.54) is 0 Å². The van der Waals surface area contributed by atoms with Gasteiger partial charge in [0.15, 0.2) is 6.61 Å². The maximum atomic E-state index is 11.2. The van der Waals surface area contributed by atoms with Gasteiger partial charge in [0.05, 0.1) is 5.92 Å². The third kappa shape index (κ3) is 2.55. The molecule has 66 valence electrons. The van der Waals surface area contributed by atoms with Crippen LogP contribution in [0.25, 0.3) is 0 Å². The second-order valence-corrected chi connectivity index (χ2v) is 2.70. The number of rotatable bonds is 2. The van der Waals surface area contributed by atoms with Crippen LogP contribution in [0, 0.1) is 18.3 Å². The smallest absolute Gasteiger partial charge is 0.310 e. The van der Waals surface area contributed by atoms with Gasteiger partial charge in [0.1, 0.15) is 0 Å². The van der Waals surface area contributed by atoms with Gasteiger partial charge in [0.2, 0.25) is 0 Å². The molecule has 1 heterocycles. The summed E-state index contributed by atoms with van der Waals surface area (Å²) in [5.41, 5.74) is 0. The number of carbonyl (C=O) groups is 1. The molecule has 1 aliphatic rings. The lowest BCUT2D eigenvalue weighted by molar-refractivity contribution is -0.150. The van der Waals surface area contributed by atoms with E-state index in [9.17, 15) is 4.79 Å². The Morgan fingerprint density at radius 1 is 1.58 bits per heavy atom. The van der Waals surface area contributed by atoms with Gasteiger partial charge in [-0.3, -0.25) is 4.79 Å². The van der Waals surface area contributed by atoms with Crippen LogP contribution in [0.15, 0.2) is 0 Å². The van der Waals surface area contributed by atoms with E-state index >= 15 is 0 Å². The number of carbonyl (C=O) groups excluding carboxylic acids is 1. The second kappa shape index (κ2) is 4.78. The summed E-state index contributed by atoms with van der Waals surface area (Å²) in [6, 6.07) is 0. The highest BCUT2D eigenvalue weighted by Gasteiger charge is 2.22. The van der Waals surface area contributed by atoms with E-state index in [1.807, 2.05) is 0 Å². The molecule has 0 radical (unpaired) electrons. The minimum Gasteiger partial charge on any atom is -0.452 e. The molecular weight excluding hydrogens is 156 g/mol. The van der Waals surface area contributed by atoms with Crippen molar-refractivity contribution < 1.29 is 14.3 Å². The molecule has 1 saturated heterocycles. The standard InChI is InChI=1S/C9H12O3/c1-2-5-12-9(10)8-3-6-11-7-4-8/h1,8H,3-7H2. The molecule has 1 fully saturated rings. The molecule has 0 saturated carbocycles. The second-order valence-electron chi connectivity index (χ2n) is 2.70. The molecule has 3 heteroatoms. The van der Waals surface area contributed by atoms with Crippen molar-refractivity contribution >= 4 is 5.97 Å². The number of hydrogen-bond acceptors (Lipinski definition) is 3. The fourth-order valence-electron chi connectivity index (χ4n) is 1.16. The van der Waals surface area contributed by atoms with Crippen LogP contribution < -0.4 is 0 Å². The van der Waals surface area contributed by atoms with Gasteiger partial charge >= 0.3 is 5.97 Å². The molecule has 0 aromatic heterocycles. The highest BCUT2D eigenvalue weighted by Crippen LogP contribution is 2.15. The van der Waals surface area contributed by atoms with Gasteiger partial charge in [-0.05, 0) is 12.8 Å². The first kappa shape index (κ1) is 9.08. The largest absolute Gasteiger partial charge is 0.452 e. The Morgan fingerprint density at radius 3 is 2.83 bits per heavy atom. The summed E-state index contributed by atoms with van der Waals surface area (Å²) in [5, 5.41) is 0. The lowest BCUT2D eigenvalue weighted by atomic mass is 10.0. The number of terminal acetylenes is 1. The SMILES string of the molecule is C#CCOC(=O)C1CCOCC1. The van der Waals surface area contributed by atoms with E-state index < -0.39 is 0 Å².